The van der Waals surface area contributed by atoms with E-state index in [1.165, 1.54) is 0 Å². The van der Waals surface area contributed by atoms with Crippen LogP contribution in [0.15, 0.2) is 12.1 Å². The summed E-state index contributed by atoms with van der Waals surface area (Å²) in [5.74, 6) is 1.30. The number of rotatable bonds is 3. The summed E-state index contributed by atoms with van der Waals surface area (Å²) >= 11 is 2.18. The number of nitrogen functional groups attached to an aromatic ring is 1. The van der Waals surface area contributed by atoms with Gasteiger partial charge in [-0.2, -0.15) is 0 Å². The van der Waals surface area contributed by atoms with Gasteiger partial charge in [0.15, 0.2) is 0 Å². The molecule has 0 aliphatic carbocycles. The lowest BCUT2D eigenvalue weighted by Gasteiger charge is -2.17. The second-order valence-corrected chi connectivity index (χ2v) is 3.96. The normalized spacial score (nSPS) is 10.1. The predicted octanol–water partition coefficient (Wildman–Crippen LogP) is 0.697. The fraction of sp³-hybridized carbons (Fsp3) is 0.375. The van der Waals surface area contributed by atoms with E-state index >= 15 is 0 Å². The Bertz CT molecular complexity index is 272. The maximum absolute atomic E-state index is 8.73. The molecule has 13 heavy (non-hydrogen) atoms. The third kappa shape index (κ3) is 3.00. The highest BCUT2D eigenvalue weighted by Crippen LogP contribution is 2.16. The topological polar surface area (TPSA) is 62.4 Å². The van der Waals surface area contributed by atoms with Gasteiger partial charge in [0.05, 0.1) is 6.61 Å². The molecule has 0 bridgehead atoms. The van der Waals surface area contributed by atoms with E-state index in [1.54, 1.807) is 6.07 Å². The number of likely N-dealkylation sites (N-methyl/N-ethyl adjacent to an activating group) is 1. The number of hydrogen-bond donors (Lipinski definition) is 2. The van der Waals surface area contributed by atoms with E-state index in [0.29, 0.717) is 12.4 Å². The van der Waals surface area contributed by atoms with Gasteiger partial charge in [-0.3, -0.25) is 0 Å². The fourth-order valence-electron chi connectivity index (χ4n) is 0.963. The molecule has 3 N–H and O–H groups in total. The average molecular weight is 293 g/mol. The number of nitrogens with two attached hydrogens (primary N) is 1. The van der Waals surface area contributed by atoms with E-state index < -0.39 is 0 Å². The predicted molar refractivity (Wildman–Crippen MR) is 61.7 cm³/mol. The zero-order valence-electron chi connectivity index (χ0n) is 7.37. The zero-order chi connectivity index (χ0) is 9.84. The van der Waals surface area contributed by atoms with Gasteiger partial charge >= 0.3 is 0 Å². The number of nitrogens with zero attached hydrogens (tertiary/aromatic N) is 2. The average Bonchev–Trinajstić information content (AvgIpc) is 2.03. The van der Waals surface area contributed by atoms with E-state index in [1.807, 2.05) is 18.0 Å². The summed E-state index contributed by atoms with van der Waals surface area (Å²) < 4.78 is 1.05. The molecule has 0 saturated heterocycles. The first-order chi connectivity index (χ1) is 6.13. The van der Waals surface area contributed by atoms with E-state index in [4.69, 9.17) is 10.8 Å². The maximum Gasteiger partial charge on any atom is 0.131 e. The van der Waals surface area contributed by atoms with Crippen molar-refractivity contribution in [2.45, 2.75) is 0 Å². The van der Waals surface area contributed by atoms with Crippen molar-refractivity contribution < 1.29 is 5.11 Å². The van der Waals surface area contributed by atoms with E-state index in [0.717, 1.165) is 9.39 Å². The first kappa shape index (κ1) is 10.5. The van der Waals surface area contributed by atoms with Crippen LogP contribution in [0.4, 0.5) is 11.6 Å². The molecule has 1 rings (SSSR count). The maximum atomic E-state index is 8.73. The molecule has 0 aliphatic heterocycles. The van der Waals surface area contributed by atoms with E-state index in [-0.39, 0.29) is 6.61 Å². The summed E-state index contributed by atoms with van der Waals surface area (Å²) in [6.07, 6.45) is 0. The first-order valence-electron chi connectivity index (χ1n) is 3.88. The monoisotopic (exact) mass is 293 g/mol. The molecule has 0 amide bonds. The highest BCUT2D eigenvalue weighted by Gasteiger charge is 2.03. The number of aliphatic hydroxyl groups excluding tert-OH is 1. The lowest BCUT2D eigenvalue weighted by Crippen LogP contribution is -2.22. The van der Waals surface area contributed by atoms with Crippen molar-refractivity contribution in [1.82, 2.24) is 4.98 Å². The molecule has 0 saturated carbocycles. The summed E-state index contributed by atoms with van der Waals surface area (Å²) in [6.45, 7) is 0.677. The van der Waals surface area contributed by atoms with Gasteiger partial charge < -0.3 is 15.7 Å². The minimum atomic E-state index is 0.115. The number of hydrogen-bond acceptors (Lipinski definition) is 4. The molecule has 0 atom stereocenters. The Morgan fingerprint density at radius 3 is 2.85 bits per heavy atom. The molecule has 4 nitrogen and oxygen atoms in total. The molecular formula is C8H12IN3O. The first-order valence-corrected chi connectivity index (χ1v) is 4.96. The molecule has 0 unspecified atom stereocenters. The standard InChI is InChI=1S/C8H12IN3O/c1-12(2-3-13)8-5-6(9)4-7(10)11-8/h4-5,13H,2-3H2,1H3,(H2,10,11). The minimum Gasteiger partial charge on any atom is -0.395 e. The Balaban J connectivity index is 2.87. The number of anilines is 2. The van der Waals surface area contributed by atoms with Crippen molar-refractivity contribution in [2.75, 3.05) is 30.8 Å². The van der Waals surface area contributed by atoms with Crippen LogP contribution in [-0.4, -0.2) is 30.3 Å². The van der Waals surface area contributed by atoms with Crippen LogP contribution in [0, 0.1) is 3.57 Å². The zero-order valence-corrected chi connectivity index (χ0v) is 9.52. The molecule has 0 aromatic carbocycles. The van der Waals surface area contributed by atoms with Crippen LogP contribution in [0.3, 0.4) is 0 Å². The Morgan fingerprint density at radius 1 is 1.62 bits per heavy atom. The second kappa shape index (κ2) is 4.61. The SMILES string of the molecule is CN(CCO)c1cc(I)cc(N)n1. The summed E-state index contributed by atoms with van der Waals surface area (Å²) in [7, 11) is 1.87. The van der Waals surface area contributed by atoms with Crippen LogP contribution >= 0.6 is 22.6 Å². The quantitative estimate of drug-likeness (QED) is 0.805. The largest absolute Gasteiger partial charge is 0.395 e. The Hall–Kier alpha value is -0.560. The van der Waals surface area contributed by atoms with Gasteiger partial charge in [-0.25, -0.2) is 4.98 Å². The molecule has 0 radical (unpaired) electrons. The lowest BCUT2D eigenvalue weighted by atomic mass is 10.4. The minimum absolute atomic E-state index is 0.115. The van der Waals surface area contributed by atoms with Gasteiger partial charge in [-0.1, -0.05) is 0 Å². The second-order valence-electron chi connectivity index (χ2n) is 2.71. The summed E-state index contributed by atoms with van der Waals surface area (Å²) in [5, 5.41) is 8.73. The van der Waals surface area contributed by atoms with Crippen molar-refractivity contribution in [3.8, 4) is 0 Å². The van der Waals surface area contributed by atoms with Crippen molar-refractivity contribution in [3.05, 3.63) is 15.7 Å². The van der Waals surface area contributed by atoms with Crippen molar-refractivity contribution >= 4 is 34.2 Å². The van der Waals surface area contributed by atoms with Crippen LogP contribution in [0.2, 0.25) is 0 Å². The van der Waals surface area contributed by atoms with E-state index in [9.17, 15) is 0 Å². The molecule has 0 fully saturated rings. The fourth-order valence-corrected chi connectivity index (χ4v) is 1.56. The van der Waals surface area contributed by atoms with Gasteiger partial charge in [0, 0.05) is 17.2 Å². The molecule has 72 valence electrons. The van der Waals surface area contributed by atoms with Crippen molar-refractivity contribution in [2.24, 2.45) is 0 Å². The van der Waals surface area contributed by atoms with Crippen LogP contribution in [0.5, 0.6) is 0 Å². The summed E-state index contributed by atoms with van der Waals surface area (Å²) in [5.41, 5.74) is 5.59. The molecule has 0 aliphatic rings. The highest BCUT2D eigenvalue weighted by molar-refractivity contribution is 14.1. The third-order valence-corrected chi connectivity index (χ3v) is 2.25. The van der Waals surface area contributed by atoms with Crippen LogP contribution in [-0.2, 0) is 0 Å². The van der Waals surface area contributed by atoms with Crippen molar-refractivity contribution in [3.63, 3.8) is 0 Å². The Labute approximate surface area is 90.9 Å². The lowest BCUT2D eigenvalue weighted by molar-refractivity contribution is 0.304. The Morgan fingerprint density at radius 2 is 2.31 bits per heavy atom. The molecule has 0 spiro atoms. The molecule has 1 heterocycles. The summed E-state index contributed by atoms with van der Waals surface area (Å²) in [4.78, 5) is 6.00. The van der Waals surface area contributed by atoms with Crippen LogP contribution in [0.25, 0.3) is 0 Å². The van der Waals surface area contributed by atoms with Crippen LogP contribution in [0.1, 0.15) is 0 Å². The smallest absolute Gasteiger partial charge is 0.131 e. The number of aliphatic hydroxyl groups is 1. The molecular weight excluding hydrogens is 281 g/mol. The molecule has 1 aromatic rings. The van der Waals surface area contributed by atoms with Gasteiger partial charge in [-0.15, -0.1) is 0 Å². The highest BCUT2D eigenvalue weighted by atomic mass is 127. The van der Waals surface area contributed by atoms with Gasteiger partial charge in [-0.05, 0) is 34.7 Å². The number of aromatic nitrogens is 1. The van der Waals surface area contributed by atoms with E-state index in [2.05, 4.69) is 27.6 Å². The number of pyridine rings is 1. The van der Waals surface area contributed by atoms with Gasteiger partial charge in [0.25, 0.3) is 0 Å². The molecule has 1 aromatic heterocycles. The Kier molecular flexibility index (Phi) is 3.73. The number of halogens is 1. The summed E-state index contributed by atoms with van der Waals surface area (Å²) in [6, 6.07) is 3.73. The van der Waals surface area contributed by atoms with Gasteiger partial charge in [0.1, 0.15) is 11.6 Å². The molecule has 5 heteroatoms. The van der Waals surface area contributed by atoms with Crippen molar-refractivity contribution in [1.29, 1.82) is 0 Å². The van der Waals surface area contributed by atoms with Crippen LogP contribution < -0.4 is 10.6 Å². The third-order valence-electron chi connectivity index (χ3n) is 1.62. The van der Waals surface area contributed by atoms with Gasteiger partial charge in [0.2, 0.25) is 0 Å².